The smallest absolute Gasteiger partial charge is 0.308 e. The standard InChI is InChI=1S/C13H15ClN2O3/c1-8-5-11(14)10(6-15-8)12(17)16-4-2-3-9(7-16)13(18)19/h5-6,9H,2-4,7H2,1H3,(H,18,19)/t9-/m1/s1. The minimum Gasteiger partial charge on any atom is -0.481 e. The highest BCUT2D eigenvalue weighted by molar-refractivity contribution is 6.33. The summed E-state index contributed by atoms with van der Waals surface area (Å²) in [7, 11) is 0. The van der Waals surface area contributed by atoms with Crippen LogP contribution in [-0.4, -0.2) is 40.0 Å². The maximum absolute atomic E-state index is 12.3. The number of halogens is 1. The number of aliphatic carboxylic acids is 1. The molecule has 1 amide bonds. The molecule has 19 heavy (non-hydrogen) atoms. The first-order valence-electron chi connectivity index (χ1n) is 6.13. The van der Waals surface area contributed by atoms with Crippen LogP contribution in [0.25, 0.3) is 0 Å². The predicted molar refractivity (Wildman–Crippen MR) is 70.2 cm³/mol. The summed E-state index contributed by atoms with van der Waals surface area (Å²) in [5.41, 5.74) is 1.07. The highest BCUT2D eigenvalue weighted by Crippen LogP contribution is 2.22. The summed E-state index contributed by atoms with van der Waals surface area (Å²) in [4.78, 5) is 28.9. The summed E-state index contributed by atoms with van der Waals surface area (Å²) in [5.74, 6) is -1.59. The second-order valence-electron chi connectivity index (χ2n) is 4.73. The second-order valence-corrected chi connectivity index (χ2v) is 5.14. The van der Waals surface area contributed by atoms with Gasteiger partial charge in [0.05, 0.1) is 16.5 Å². The summed E-state index contributed by atoms with van der Waals surface area (Å²) in [6, 6.07) is 1.63. The molecule has 1 saturated heterocycles. The Morgan fingerprint density at radius 3 is 2.89 bits per heavy atom. The van der Waals surface area contributed by atoms with Crippen LogP contribution < -0.4 is 0 Å². The first-order chi connectivity index (χ1) is 8.99. The van der Waals surface area contributed by atoms with Crippen molar-refractivity contribution in [3.63, 3.8) is 0 Å². The molecule has 1 aromatic rings. The van der Waals surface area contributed by atoms with Crippen LogP contribution in [0, 0.1) is 12.8 Å². The lowest BCUT2D eigenvalue weighted by molar-refractivity contribution is -0.143. The zero-order valence-corrected chi connectivity index (χ0v) is 11.4. The van der Waals surface area contributed by atoms with E-state index in [4.69, 9.17) is 16.7 Å². The molecule has 1 aromatic heterocycles. The van der Waals surface area contributed by atoms with Gasteiger partial charge in [0.1, 0.15) is 0 Å². The fraction of sp³-hybridized carbons (Fsp3) is 0.462. The lowest BCUT2D eigenvalue weighted by atomic mass is 9.98. The molecule has 2 heterocycles. The average molecular weight is 283 g/mol. The first kappa shape index (κ1) is 13.8. The molecule has 1 atom stereocenters. The number of carboxylic acids is 1. The molecule has 0 spiro atoms. The minimum atomic E-state index is -0.856. The monoisotopic (exact) mass is 282 g/mol. The van der Waals surface area contributed by atoms with E-state index in [1.807, 2.05) is 0 Å². The van der Waals surface area contributed by atoms with Crippen molar-refractivity contribution in [2.75, 3.05) is 13.1 Å². The minimum absolute atomic E-state index is 0.234. The van der Waals surface area contributed by atoms with Crippen molar-refractivity contribution >= 4 is 23.5 Å². The lowest BCUT2D eigenvalue weighted by Crippen LogP contribution is -2.42. The van der Waals surface area contributed by atoms with Crippen molar-refractivity contribution in [2.45, 2.75) is 19.8 Å². The average Bonchev–Trinajstić information content (AvgIpc) is 2.38. The highest BCUT2D eigenvalue weighted by atomic mass is 35.5. The van der Waals surface area contributed by atoms with E-state index in [9.17, 15) is 9.59 Å². The molecule has 1 fully saturated rings. The fourth-order valence-electron chi connectivity index (χ4n) is 2.22. The Hall–Kier alpha value is -1.62. The van der Waals surface area contributed by atoms with E-state index in [0.29, 0.717) is 30.0 Å². The quantitative estimate of drug-likeness (QED) is 0.900. The zero-order chi connectivity index (χ0) is 14.0. The molecule has 1 aliphatic heterocycles. The number of likely N-dealkylation sites (tertiary alicyclic amines) is 1. The largest absolute Gasteiger partial charge is 0.481 e. The van der Waals surface area contributed by atoms with Gasteiger partial charge in [-0.05, 0) is 25.8 Å². The molecular formula is C13H15ClN2O3. The number of rotatable bonds is 2. The number of piperidine rings is 1. The Bertz CT molecular complexity index is 519. The van der Waals surface area contributed by atoms with Gasteiger partial charge in [-0.15, -0.1) is 0 Å². The number of carbonyl (C=O) groups excluding carboxylic acids is 1. The van der Waals surface area contributed by atoms with Gasteiger partial charge in [-0.2, -0.15) is 0 Å². The molecule has 102 valence electrons. The molecule has 0 unspecified atom stereocenters. The van der Waals surface area contributed by atoms with Crippen molar-refractivity contribution in [3.05, 3.63) is 28.5 Å². The fourth-order valence-corrected chi connectivity index (χ4v) is 2.50. The van der Waals surface area contributed by atoms with Gasteiger partial charge >= 0.3 is 5.97 Å². The van der Waals surface area contributed by atoms with Crippen molar-refractivity contribution in [3.8, 4) is 0 Å². The summed E-state index contributed by atoms with van der Waals surface area (Å²) >= 11 is 6.04. The topological polar surface area (TPSA) is 70.5 Å². The van der Waals surface area contributed by atoms with Gasteiger partial charge in [0.2, 0.25) is 0 Å². The third-order valence-corrected chi connectivity index (χ3v) is 3.59. The molecule has 6 heteroatoms. The number of pyridine rings is 1. The summed E-state index contributed by atoms with van der Waals surface area (Å²) in [6.45, 7) is 2.59. The number of aromatic nitrogens is 1. The van der Waals surface area contributed by atoms with E-state index in [1.165, 1.54) is 6.20 Å². The SMILES string of the molecule is Cc1cc(Cl)c(C(=O)N2CCC[C@@H](C(=O)O)C2)cn1. The Morgan fingerprint density at radius 2 is 2.26 bits per heavy atom. The van der Waals surface area contributed by atoms with Crippen LogP contribution in [0.3, 0.4) is 0 Å². The van der Waals surface area contributed by atoms with Gasteiger partial charge in [0.15, 0.2) is 0 Å². The van der Waals surface area contributed by atoms with Crippen LogP contribution in [0.4, 0.5) is 0 Å². The van der Waals surface area contributed by atoms with Crippen molar-refractivity contribution < 1.29 is 14.7 Å². The molecule has 0 aromatic carbocycles. The molecule has 1 aliphatic rings. The van der Waals surface area contributed by atoms with Crippen LogP contribution in [0.2, 0.25) is 5.02 Å². The number of hydrogen-bond acceptors (Lipinski definition) is 3. The maximum atomic E-state index is 12.3. The molecule has 1 N–H and O–H groups in total. The van der Waals surface area contributed by atoms with E-state index in [0.717, 1.165) is 5.69 Å². The molecule has 2 rings (SSSR count). The molecule has 0 bridgehead atoms. The third kappa shape index (κ3) is 3.04. The number of amides is 1. The number of aryl methyl sites for hydroxylation is 1. The van der Waals surface area contributed by atoms with Gasteiger partial charge in [-0.1, -0.05) is 11.6 Å². The Balaban J connectivity index is 2.17. The van der Waals surface area contributed by atoms with Crippen LogP contribution in [0.5, 0.6) is 0 Å². The molecular weight excluding hydrogens is 268 g/mol. The summed E-state index contributed by atoms with van der Waals surface area (Å²) in [5, 5.41) is 9.38. The summed E-state index contributed by atoms with van der Waals surface area (Å²) < 4.78 is 0. The number of hydrogen-bond donors (Lipinski definition) is 1. The van der Waals surface area contributed by atoms with E-state index < -0.39 is 11.9 Å². The maximum Gasteiger partial charge on any atom is 0.308 e. The van der Waals surface area contributed by atoms with E-state index >= 15 is 0 Å². The van der Waals surface area contributed by atoms with Crippen LogP contribution >= 0.6 is 11.6 Å². The van der Waals surface area contributed by atoms with Crippen molar-refractivity contribution in [2.24, 2.45) is 5.92 Å². The van der Waals surface area contributed by atoms with Gasteiger partial charge in [-0.3, -0.25) is 14.6 Å². The van der Waals surface area contributed by atoms with E-state index in [-0.39, 0.29) is 12.5 Å². The summed E-state index contributed by atoms with van der Waals surface area (Å²) in [6.07, 6.45) is 2.75. The van der Waals surface area contributed by atoms with Gasteiger partial charge in [-0.25, -0.2) is 0 Å². The van der Waals surface area contributed by atoms with Crippen molar-refractivity contribution in [1.82, 2.24) is 9.88 Å². The third-order valence-electron chi connectivity index (χ3n) is 3.28. The van der Waals surface area contributed by atoms with Gasteiger partial charge < -0.3 is 10.0 Å². The van der Waals surface area contributed by atoms with Gasteiger partial charge in [0, 0.05) is 25.0 Å². The Morgan fingerprint density at radius 1 is 1.53 bits per heavy atom. The Labute approximate surface area is 116 Å². The highest BCUT2D eigenvalue weighted by Gasteiger charge is 2.29. The van der Waals surface area contributed by atoms with Crippen LogP contribution in [0.15, 0.2) is 12.3 Å². The Kier molecular flexibility index (Phi) is 4.04. The van der Waals surface area contributed by atoms with Crippen LogP contribution in [0.1, 0.15) is 28.9 Å². The number of nitrogens with zero attached hydrogens (tertiary/aromatic N) is 2. The van der Waals surface area contributed by atoms with E-state index in [1.54, 1.807) is 17.9 Å². The zero-order valence-electron chi connectivity index (χ0n) is 10.6. The molecule has 0 radical (unpaired) electrons. The molecule has 0 aliphatic carbocycles. The van der Waals surface area contributed by atoms with E-state index in [2.05, 4.69) is 4.98 Å². The first-order valence-corrected chi connectivity index (χ1v) is 6.51. The predicted octanol–water partition coefficient (Wildman–Crippen LogP) is 1.98. The number of carboxylic acid groups (broad SMARTS) is 1. The number of carbonyl (C=O) groups is 2. The molecule has 5 nitrogen and oxygen atoms in total. The molecule has 0 saturated carbocycles. The normalized spacial score (nSPS) is 19.3. The van der Waals surface area contributed by atoms with Gasteiger partial charge in [0.25, 0.3) is 5.91 Å². The lowest BCUT2D eigenvalue weighted by Gasteiger charge is -2.30. The van der Waals surface area contributed by atoms with Crippen molar-refractivity contribution in [1.29, 1.82) is 0 Å². The van der Waals surface area contributed by atoms with Crippen LogP contribution in [-0.2, 0) is 4.79 Å². The second kappa shape index (κ2) is 5.57.